The van der Waals surface area contributed by atoms with E-state index in [0.717, 1.165) is 18.2 Å². The number of alkyl halides is 6. The largest absolute Gasteiger partial charge is 0.481 e. The minimum absolute atomic E-state index is 0.0405. The zero-order valence-electron chi connectivity index (χ0n) is 16.4. The lowest BCUT2D eigenvalue weighted by Gasteiger charge is -2.40. The standard InChI is InChI=1S/C22H21F6NO2/c23-21(24,25)17-7-5-15(6-8-17)19-11-14(12-20(30)31)9-10-29(19)13-16-3-1-2-4-18(16)22(26,27)28/h1-8,14,19H,9-13H2,(H,30,31)/t14-,19+/m0/s1. The number of halogens is 6. The quantitative estimate of drug-likeness (QED) is 0.561. The van der Waals surface area contributed by atoms with Gasteiger partial charge in [-0.3, -0.25) is 9.69 Å². The molecule has 1 aliphatic heterocycles. The molecule has 1 saturated heterocycles. The van der Waals surface area contributed by atoms with Crippen molar-refractivity contribution in [2.75, 3.05) is 6.54 Å². The van der Waals surface area contributed by atoms with Crippen molar-refractivity contribution < 1.29 is 36.2 Å². The van der Waals surface area contributed by atoms with E-state index in [2.05, 4.69) is 0 Å². The van der Waals surface area contributed by atoms with E-state index in [9.17, 15) is 31.1 Å². The Morgan fingerprint density at radius 3 is 2.19 bits per heavy atom. The zero-order chi connectivity index (χ0) is 22.8. The van der Waals surface area contributed by atoms with Crippen molar-refractivity contribution in [3.05, 3.63) is 70.8 Å². The average Bonchev–Trinajstić information content (AvgIpc) is 2.68. The summed E-state index contributed by atoms with van der Waals surface area (Å²) in [6.07, 6.45) is -8.29. The SMILES string of the molecule is O=C(O)C[C@H]1CCN(Cc2ccccc2C(F)(F)F)[C@@H](c2ccc(C(F)(F)F)cc2)C1. The van der Waals surface area contributed by atoms with Crippen molar-refractivity contribution in [3.8, 4) is 0 Å². The number of nitrogens with zero attached hydrogens (tertiary/aromatic N) is 1. The maximum absolute atomic E-state index is 13.4. The van der Waals surface area contributed by atoms with E-state index in [1.165, 1.54) is 30.3 Å². The first-order valence-corrected chi connectivity index (χ1v) is 9.73. The van der Waals surface area contributed by atoms with E-state index in [4.69, 9.17) is 5.11 Å². The van der Waals surface area contributed by atoms with Crippen LogP contribution in [0.1, 0.15) is 47.6 Å². The van der Waals surface area contributed by atoms with Gasteiger partial charge in [-0.2, -0.15) is 26.3 Å². The third kappa shape index (κ3) is 5.78. The molecule has 0 spiro atoms. The Morgan fingerprint density at radius 2 is 1.61 bits per heavy atom. The van der Waals surface area contributed by atoms with Crippen molar-refractivity contribution >= 4 is 5.97 Å². The first-order chi connectivity index (χ1) is 14.4. The normalized spacial score (nSPS) is 20.6. The fourth-order valence-electron chi connectivity index (χ4n) is 4.10. The molecule has 0 saturated carbocycles. The summed E-state index contributed by atoms with van der Waals surface area (Å²) in [5.74, 6) is -1.19. The topological polar surface area (TPSA) is 40.5 Å². The molecule has 3 rings (SSSR count). The Balaban J connectivity index is 1.90. The second-order valence-electron chi connectivity index (χ2n) is 7.75. The van der Waals surface area contributed by atoms with Crippen LogP contribution in [0.4, 0.5) is 26.3 Å². The molecule has 3 nitrogen and oxygen atoms in total. The molecule has 9 heteroatoms. The van der Waals surface area contributed by atoms with Gasteiger partial charge in [-0.25, -0.2) is 0 Å². The Bertz CT molecular complexity index is 907. The number of benzene rings is 2. The first kappa shape index (κ1) is 23.1. The zero-order valence-corrected chi connectivity index (χ0v) is 16.4. The van der Waals surface area contributed by atoms with Gasteiger partial charge in [0, 0.05) is 19.0 Å². The summed E-state index contributed by atoms with van der Waals surface area (Å²) in [6, 6.07) is 9.24. The predicted octanol–water partition coefficient (Wildman–Crippen LogP) is 6.15. The number of aliphatic carboxylic acids is 1. The lowest BCUT2D eigenvalue weighted by atomic mass is 9.84. The van der Waals surface area contributed by atoms with Crippen molar-refractivity contribution in [2.24, 2.45) is 5.92 Å². The van der Waals surface area contributed by atoms with Gasteiger partial charge >= 0.3 is 18.3 Å². The molecule has 1 fully saturated rings. The van der Waals surface area contributed by atoms with Crippen LogP contribution in [0.25, 0.3) is 0 Å². The van der Waals surface area contributed by atoms with Crippen LogP contribution in [-0.4, -0.2) is 22.5 Å². The number of hydrogen-bond acceptors (Lipinski definition) is 2. The summed E-state index contributed by atoms with van der Waals surface area (Å²) in [5.41, 5.74) is -0.979. The van der Waals surface area contributed by atoms with Gasteiger partial charge in [-0.15, -0.1) is 0 Å². The van der Waals surface area contributed by atoms with Crippen LogP contribution in [0, 0.1) is 5.92 Å². The van der Waals surface area contributed by atoms with Gasteiger partial charge in [0.05, 0.1) is 11.1 Å². The molecule has 1 heterocycles. The molecule has 0 amide bonds. The van der Waals surface area contributed by atoms with E-state index >= 15 is 0 Å². The van der Waals surface area contributed by atoms with Gasteiger partial charge in [0.15, 0.2) is 0 Å². The van der Waals surface area contributed by atoms with Gasteiger partial charge in [0.2, 0.25) is 0 Å². The third-order valence-electron chi connectivity index (χ3n) is 5.60. The molecule has 1 N–H and O–H groups in total. The molecule has 0 aromatic heterocycles. The van der Waals surface area contributed by atoms with Crippen molar-refractivity contribution in [1.82, 2.24) is 4.90 Å². The lowest BCUT2D eigenvalue weighted by Crippen LogP contribution is -2.37. The molecule has 2 aromatic rings. The number of likely N-dealkylation sites (tertiary alicyclic amines) is 1. The molecule has 0 radical (unpaired) electrons. The molecule has 168 valence electrons. The highest BCUT2D eigenvalue weighted by atomic mass is 19.4. The van der Waals surface area contributed by atoms with Crippen LogP contribution in [0.15, 0.2) is 48.5 Å². The molecule has 0 unspecified atom stereocenters. The third-order valence-corrected chi connectivity index (χ3v) is 5.60. The molecule has 2 atom stereocenters. The Morgan fingerprint density at radius 1 is 0.968 bits per heavy atom. The number of piperidine rings is 1. The van der Waals surface area contributed by atoms with Crippen LogP contribution in [0.3, 0.4) is 0 Å². The minimum Gasteiger partial charge on any atom is -0.481 e. The highest BCUT2D eigenvalue weighted by molar-refractivity contribution is 5.67. The fourth-order valence-corrected chi connectivity index (χ4v) is 4.10. The second kappa shape index (κ2) is 8.90. The molecule has 0 aliphatic carbocycles. The fraction of sp³-hybridized carbons (Fsp3) is 0.409. The number of carbonyl (C=O) groups is 1. The molecular formula is C22H21F6NO2. The summed E-state index contributed by atoms with van der Waals surface area (Å²) in [7, 11) is 0. The number of carboxylic acids is 1. The minimum atomic E-state index is -4.53. The average molecular weight is 445 g/mol. The van der Waals surface area contributed by atoms with Crippen LogP contribution in [0.5, 0.6) is 0 Å². The summed E-state index contributed by atoms with van der Waals surface area (Å²) in [5, 5.41) is 9.11. The van der Waals surface area contributed by atoms with Crippen LogP contribution >= 0.6 is 0 Å². The Kier molecular flexibility index (Phi) is 6.64. The highest BCUT2D eigenvalue weighted by Crippen LogP contribution is 2.39. The van der Waals surface area contributed by atoms with Gasteiger partial charge in [-0.05, 0) is 54.6 Å². The van der Waals surface area contributed by atoms with Crippen LogP contribution < -0.4 is 0 Å². The van der Waals surface area contributed by atoms with Gasteiger partial charge < -0.3 is 5.11 Å². The lowest BCUT2D eigenvalue weighted by molar-refractivity contribution is -0.140. The highest BCUT2D eigenvalue weighted by Gasteiger charge is 2.36. The monoisotopic (exact) mass is 445 g/mol. The van der Waals surface area contributed by atoms with E-state index in [1.807, 2.05) is 0 Å². The predicted molar refractivity (Wildman–Crippen MR) is 101 cm³/mol. The van der Waals surface area contributed by atoms with Crippen molar-refractivity contribution in [3.63, 3.8) is 0 Å². The summed E-state index contributed by atoms with van der Waals surface area (Å²) >= 11 is 0. The van der Waals surface area contributed by atoms with Crippen molar-refractivity contribution in [1.29, 1.82) is 0 Å². The summed E-state index contributed by atoms with van der Waals surface area (Å²) < 4.78 is 78.9. The van der Waals surface area contributed by atoms with E-state index < -0.39 is 35.5 Å². The Labute approximate surface area is 175 Å². The number of hydrogen-bond donors (Lipinski definition) is 1. The molecule has 1 aliphatic rings. The van der Waals surface area contributed by atoms with Crippen molar-refractivity contribution in [2.45, 2.75) is 44.2 Å². The molecular weight excluding hydrogens is 424 g/mol. The number of rotatable bonds is 5. The second-order valence-corrected chi connectivity index (χ2v) is 7.75. The number of carboxylic acid groups (broad SMARTS) is 1. The molecule has 0 bridgehead atoms. The summed E-state index contributed by atoms with van der Waals surface area (Å²) in [6.45, 7) is 0.303. The summed E-state index contributed by atoms with van der Waals surface area (Å²) in [4.78, 5) is 12.9. The van der Waals surface area contributed by atoms with Gasteiger partial charge in [-0.1, -0.05) is 30.3 Å². The van der Waals surface area contributed by atoms with Gasteiger partial charge in [0.25, 0.3) is 0 Å². The van der Waals surface area contributed by atoms with Gasteiger partial charge in [0.1, 0.15) is 0 Å². The molecule has 31 heavy (non-hydrogen) atoms. The maximum atomic E-state index is 13.4. The smallest absolute Gasteiger partial charge is 0.416 e. The molecule has 2 aromatic carbocycles. The maximum Gasteiger partial charge on any atom is 0.416 e. The van der Waals surface area contributed by atoms with Crippen LogP contribution in [-0.2, 0) is 23.7 Å². The van der Waals surface area contributed by atoms with Crippen LogP contribution in [0.2, 0.25) is 0 Å². The van der Waals surface area contributed by atoms with E-state index in [1.54, 1.807) is 4.90 Å². The first-order valence-electron chi connectivity index (χ1n) is 9.73. The van der Waals surface area contributed by atoms with E-state index in [-0.39, 0.29) is 24.4 Å². The Hall–Kier alpha value is -2.55. The van der Waals surface area contributed by atoms with E-state index in [0.29, 0.717) is 24.9 Å².